The molecular weight excluding hydrogens is 318 g/mol. The SMILES string of the molecule is C[C@@H]1C[C@H]1C(=O)N1CC2(CC[C@H](CNC(=O)c3cccn3C)CO2)C1. The number of hydrogen-bond donors (Lipinski definition) is 1. The lowest BCUT2D eigenvalue weighted by atomic mass is 9.82. The molecule has 0 radical (unpaired) electrons. The molecule has 3 fully saturated rings. The van der Waals surface area contributed by atoms with Crippen LogP contribution in [-0.2, 0) is 16.6 Å². The number of amides is 2. The molecule has 1 N–H and O–H groups in total. The van der Waals surface area contributed by atoms with Crippen LogP contribution in [0.25, 0.3) is 0 Å². The van der Waals surface area contributed by atoms with E-state index in [0.717, 1.165) is 32.4 Å². The molecule has 2 aliphatic heterocycles. The molecule has 0 unspecified atom stereocenters. The maximum Gasteiger partial charge on any atom is 0.267 e. The van der Waals surface area contributed by atoms with Crippen LogP contribution in [0.5, 0.6) is 0 Å². The van der Waals surface area contributed by atoms with E-state index in [4.69, 9.17) is 4.74 Å². The average molecular weight is 345 g/mol. The molecule has 1 saturated carbocycles. The van der Waals surface area contributed by atoms with E-state index < -0.39 is 0 Å². The van der Waals surface area contributed by atoms with Crippen molar-refractivity contribution >= 4 is 11.8 Å². The van der Waals surface area contributed by atoms with Crippen LogP contribution in [0.2, 0.25) is 0 Å². The molecule has 136 valence electrons. The maximum atomic E-state index is 12.2. The zero-order valence-corrected chi connectivity index (χ0v) is 15.0. The number of carbonyl (C=O) groups is 2. The van der Waals surface area contributed by atoms with E-state index in [2.05, 4.69) is 12.2 Å². The highest BCUT2D eigenvalue weighted by Gasteiger charge is 2.52. The highest BCUT2D eigenvalue weighted by atomic mass is 16.5. The second-order valence-corrected chi connectivity index (χ2v) is 8.13. The van der Waals surface area contributed by atoms with E-state index in [-0.39, 0.29) is 17.4 Å². The molecule has 1 spiro atoms. The van der Waals surface area contributed by atoms with Crippen molar-refractivity contribution in [3.05, 3.63) is 24.0 Å². The van der Waals surface area contributed by atoms with Crippen LogP contribution < -0.4 is 5.32 Å². The summed E-state index contributed by atoms with van der Waals surface area (Å²) in [6.07, 6.45) is 4.93. The maximum absolute atomic E-state index is 12.2. The summed E-state index contributed by atoms with van der Waals surface area (Å²) in [5.41, 5.74) is 0.558. The molecule has 3 heterocycles. The van der Waals surface area contributed by atoms with Gasteiger partial charge in [0.05, 0.1) is 19.7 Å². The number of ether oxygens (including phenoxy) is 1. The molecule has 1 aromatic heterocycles. The molecule has 2 saturated heterocycles. The van der Waals surface area contributed by atoms with Gasteiger partial charge in [-0.1, -0.05) is 6.92 Å². The molecule has 3 atom stereocenters. The normalized spacial score (nSPS) is 30.0. The van der Waals surface area contributed by atoms with Crippen molar-refractivity contribution in [2.45, 2.75) is 31.8 Å². The summed E-state index contributed by atoms with van der Waals surface area (Å²) >= 11 is 0. The minimum Gasteiger partial charge on any atom is -0.371 e. The molecule has 2 amide bonds. The summed E-state index contributed by atoms with van der Waals surface area (Å²) in [5.74, 6) is 1.46. The summed E-state index contributed by atoms with van der Waals surface area (Å²) in [4.78, 5) is 26.4. The summed E-state index contributed by atoms with van der Waals surface area (Å²) in [7, 11) is 1.87. The molecule has 6 heteroatoms. The van der Waals surface area contributed by atoms with Crippen molar-refractivity contribution < 1.29 is 14.3 Å². The number of hydrogen-bond acceptors (Lipinski definition) is 3. The third-order valence-electron chi connectivity index (χ3n) is 6.06. The van der Waals surface area contributed by atoms with Crippen LogP contribution in [-0.4, -0.2) is 53.1 Å². The predicted octanol–water partition coefficient (Wildman–Crippen LogP) is 1.42. The summed E-state index contributed by atoms with van der Waals surface area (Å²) in [6.45, 7) is 4.94. The van der Waals surface area contributed by atoms with Crippen LogP contribution >= 0.6 is 0 Å². The fourth-order valence-corrected chi connectivity index (χ4v) is 4.06. The van der Waals surface area contributed by atoms with Crippen molar-refractivity contribution in [1.29, 1.82) is 0 Å². The van der Waals surface area contributed by atoms with Crippen LogP contribution in [0.1, 0.15) is 36.7 Å². The van der Waals surface area contributed by atoms with Crippen molar-refractivity contribution in [2.24, 2.45) is 24.8 Å². The lowest BCUT2D eigenvalue weighted by Crippen LogP contribution is -2.66. The number of nitrogens with one attached hydrogen (secondary N) is 1. The van der Waals surface area contributed by atoms with Gasteiger partial charge in [0, 0.05) is 25.7 Å². The van der Waals surface area contributed by atoms with Gasteiger partial charge in [0.1, 0.15) is 11.3 Å². The van der Waals surface area contributed by atoms with E-state index in [1.165, 1.54) is 0 Å². The fraction of sp³-hybridized carbons (Fsp3) is 0.684. The van der Waals surface area contributed by atoms with Gasteiger partial charge in [0.2, 0.25) is 5.91 Å². The summed E-state index contributed by atoms with van der Waals surface area (Å²) < 4.78 is 7.94. The summed E-state index contributed by atoms with van der Waals surface area (Å²) in [5, 5.41) is 3.01. The molecule has 0 aromatic carbocycles. The Kier molecular flexibility index (Phi) is 4.10. The molecule has 1 aromatic rings. The van der Waals surface area contributed by atoms with Crippen LogP contribution in [0.4, 0.5) is 0 Å². The lowest BCUT2D eigenvalue weighted by molar-refractivity contribution is -0.189. The Morgan fingerprint density at radius 1 is 1.40 bits per heavy atom. The van der Waals surface area contributed by atoms with E-state index in [1.54, 1.807) is 0 Å². The van der Waals surface area contributed by atoms with Gasteiger partial charge in [-0.3, -0.25) is 9.59 Å². The monoisotopic (exact) mass is 345 g/mol. The molecule has 1 aliphatic carbocycles. The Morgan fingerprint density at radius 2 is 2.16 bits per heavy atom. The Hall–Kier alpha value is -1.82. The van der Waals surface area contributed by atoms with E-state index in [0.29, 0.717) is 36.6 Å². The smallest absolute Gasteiger partial charge is 0.267 e. The van der Waals surface area contributed by atoms with E-state index in [1.807, 2.05) is 34.8 Å². The predicted molar refractivity (Wildman–Crippen MR) is 93.0 cm³/mol. The highest BCUT2D eigenvalue weighted by Crippen LogP contribution is 2.43. The number of nitrogens with zero attached hydrogens (tertiary/aromatic N) is 2. The minimum atomic E-state index is -0.119. The molecule has 3 aliphatic rings. The second kappa shape index (κ2) is 6.16. The van der Waals surface area contributed by atoms with Gasteiger partial charge < -0.3 is 19.5 Å². The summed E-state index contributed by atoms with van der Waals surface area (Å²) in [6, 6.07) is 3.69. The first-order chi connectivity index (χ1) is 12.0. The van der Waals surface area contributed by atoms with Crippen molar-refractivity contribution in [1.82, 2.24) is 14.8 Å². The highest BCUT2D eigenvalue weighted by molar-refractivity contribution is 5.92. The lowest BCUT2D eigenvalue weighted by Gasteiger charge is -2.53. The molecule has 6 nitrogen and oxygen atoms in total. The van der Waals surface area contributed by atoms with Crippen molar-refractivity contribution in [2.75, 3.05) is 26.2 Å². The third-order valence-corrected chi connectivity index (χ3v) is 6.06. The number of aryl methyl sites for hydroxylation is 1. The topological polar surface area (TPSA) is 63.6 Å². The first-order valence-electron chi connectivity index (χ1n) is 9.30. The molecule has 0 bridgehead atoms. The number of likely N-dealkylation sites (tertiary alicyclic amines) is 1. The second-order valence-electron chi connectivity index (χ2n) is 8.13. The van der Waals surface area contributed by atoms with Gasteiger partial charge in [0.25, 0.3) is 5.91 Å². The van der Waals surface area contributed by atoms with E-state index >= 15 is 0 Å². The Balaban J connectivity index is 1.20. The third kappa shape index (κ3) is 3.19. The van der Waals surface area contributed by atoms with Gasteiger partial charge in [-0.2, -0.15) is 0 Å². The van der Waals surface area contributed by atoms with Crippen LogP contribution in [0, 0.1) is 17.8 Å². The standard InChI is InChI=1S/C19H27N3O3/c1-13-8-15(13)18(24)22-11-19(12-22)6-5-14(10-25-19)9-20-17(23)16-4-3-7-21(16)2/h3-4,7,13-15H,5-6,8-12H2,1-2H3,(H,20,23)/t13-,14-,15-/m1/s1. The van der Waals surface area contributed by atoms with Crippen LogP contribution in [0.3, 0.4) is 0 Å². The quantitative estimate of drug-likeness (QED) is 0.898. The minimum absolute atomic E-state index is 0.0354. The molecule has 4 rings (SSSR count). The average Bonchev–Trinajstić information content (AvgIpc) is 3.15. The van der Waals surface area contributed by atoms with Crippen molar-refractivity contribution in [3.8, 4) is 0 Å². The molecular formula is C19H27N3O3. The van der Waals surface area contributed by atoms with Gasteiger partial charge in [0.15, 0.2) is 0 Å². The first kappa shape index (κ1) is 16.6. The first-order valence-corrected chi connectivity index (χ1v) is 9.30. The van der Waals surface area contributed by atoms with Gasteiger partial charge in [-0.05, 0) is 43.2 Å². The van der Waals surface area contributed by atoms with Crippen LogP contribution in [0.15, 0.2) is 18.3 Å². The number of aromatic nitrogens is 1. The number of carbonyl (C=O) groups excluding carboxylic acids is 2. The van der Waals surface area contributed by atoms with Gasteiger partial charge in [-0.25, -0.2) is 0 Å². The zero-order chi connectivity index (χ0) is 17.6. The van der Waals surface area contributed by atoms with Gasteiger partial charge in [-0.15, -0.1) is 0 Å². The zero-order valence-electron chi connectivity index (χ0n) is 15.0. The van der Waals surface area contributed by atoms with Gasteiger partial charge >= 0.3 is 0 Å². The Labute approximate surface area is 148 Å². The Morgan fingerprint density at radius 3 is 2.72 bits per heavy atom. The van der Waals surface area contributed by atoms with Crippen molar-refractivity contribution in [3.63, 3.8) is 0 Å². The molecule has 25 heavy (non-hydrogen) atoms. The van der Waals surface area contributed by atoms with E-state index in [9.17, 15) is 9.59 Å². The number of rotatable bonds is 4. The largest absolute Gasteiger partial charge is 0.371 e. The Bertz CT molecular complexity index is 667. The fourth-order valence-electron chi connectivity index (χ4n) is 4.06.